The van der Waals surface area contributed by atoms with Gasteiger partial charge in [0.1, 0.15) is 11.5 Å². The first-order valence-corrected chi connectivity index (χ1v) is 8.20. The van der Waals surface area contributed by atoms with Crippen LogP contribution in [0.2, 0.25) is 0 Å². The average molecular weight is 351 g/mol. The smallest absolute Gasteiger partial charge is 0.270 e. The van der Waals surface area contributed by atoms with Crippen LogP contribution in [0, 0.1) is 5.82 Å². The summed E-state index contributed by atoms with van der Waals surface area (Å²) in [5, 5.41) is 5.80. The van der Waals surface area contributed by atoms with E-state index in [1.807, 2.05) is 12.1 Å². The summed E-state index contributed by atoms with van der Waals surface area (Å²) in [4.78, 5) is 24.6. The van der Waals surface area contributed by atoms with Crippen molar-refractivity contribution in [2.45, 2.75) is 13.0 Å². The zero-order valence-corrected chi connectivity index (χ0v) is 14.0. The van der Waals surface area contributed by atoms with Gasteiger partial charge in [-0.05, 0) is 35.7 Å². The van der Waals surface area contributed by atoms with Crippen LogP contribution < -0.4 is 10.6 Å². The Hall–Kier alpha value is -3.35. The molecule has 132 valence electrons. The molecule has 0 bridgehead atoms. The lowest BCUT2D eigenvalue weighted by Gasteiger charge is -2.08. The molecule has 0 atom stereocenters. The molecule has 1 amide bonds. The van der Waals surface area contributed by atoms with Crippen LogP contribution in [0.4, 0.5) is 10.3 Å². The number of amides is 1. The molecular formula is C19H18FN5O. The fraction of sp³-hybridized carbons (Fsp3) is 0.158. The van der Waals surface area contributed by atoms with Gasteiger partial charge in [-0.25, -0.2) is 14.4 Å². The van der Waals surface area contributed by atoms with E-state index in [2.05, 4.69) is 25.6 Å². The zero-order valence-electron chi connectivity index (χ0n) is 14.0. The Morgan fingerprint density at radius 3 is 2.77 bits per heavy atom. The van der Waals surface area contributed by atoms with Gasteiger partial charge in [0.05, 0.1) is 0 Å². The predicted octanol–water partition coefficient (Wildman–Crippen LogP) is 2.60. The highest BCUT2D eigenvalue weighted by molar-refractivity contribution is 5.92. The standard InChI is InChI=1S/C19H18FN5O/c20-16-6-2-1-5-15(16)7-10-22-18(26)17-8-11-23-19(25-17)24-13-14-4-3-9-21-12-14/h1-6,8-9,11-12H,7,10,13H2,(H,22,26)(H,23,24,25). The first-order chi connectivity index (χ1) is 12.7. The second-order valence-corrected chi connectivity index (χ2v) is 5.58. The Morgan fingerprint density at radius 2 is 1.96 bits per heavy atom. The van der Waals surface area contributed by atoms with Crippen LogP contribution in [0.3, 0.4) is 0 Å². The summed E-state index contributed by atoms with van der Waals surface area (Å²) in [6.45, 7) is 0.828. The first-order valence-electron chi connectivity index (χ1n) is 8.20. The maximum absolute atomic E-state index is 13.6. The molecule has 0 radical (unpaired) electrons. The lowest BCUT2D eigenvalue weighted by atomic mass is 10.1. The molecule has 2 N–H and O–H groups in total. The summed E-state index contributed by atoms with van der Waals surface area (Å²) in [5.74, 6) is -0.241. The Bertz CT molecular complexity index is 873. The van der Waals surface area contributed by atoms with Gasteiger partial charge >= 0.3 is 0 Å². The van der Waals surface area contributed by atoms with E-state index in [1.165, 1.54) is 18.3 Å². The number of pyridine rings is 1. The molecule has 2 heterocycles. The molecule has 3 aromatic rings. The van der Waals surface area contributed by atoms with Crippen LogP contribution in [-0.2, 0) is 13.0 Å². The first kappa shape index (κ1) is 17.5. The molecule has 0 aliphatic rings. The van der Waals surface area contributed by atoms with E-state index in [0.29, 0.717) is 31.0 Å². The predicted molar refractivity (Wildman–Crippen MR) is 96.0 cm³/mol. The van der Waals surface area contributed by atoms with Gasteiger partial charge in [0, 0.05) is 31.7 Å². The topological polar surface area (TPSA) is 79.8 Å². The van der Waals surface area contributed by atoms with Gasteiger partial charge in [0.15, 0.2) is 0 Å². The maximum Gasteiger partial charge on any atom is 0.270 e. The van der Waals surface area contributed by atoms with Crippen molar-refractivity contribution >= 4 is 11.9 Å². The third-order valence-electron chi connectivity index (χ3n) is 3.70. The monoisotopic (exact) mass is 351 g/mol. The van der Waals surface area contributed by atoms with Gasteiger partial charge in [-0.2, -0.15) is 0 Å². The third-order valence-corrected chi connectivity index (χ3v) is 3.70. The second kappa shape index (κ2) is 8.66. The van der Waals surface area contributed by atoms with Crippen LogP contribution in [0.25, 0.3) is 0 Å². The normalized spacial score (nSPS) is 10.3. The number of halogens is 1. The minimum absolute atomic E-state index is 0.252. The van der Waals surface area contributed by atoms with Crippen molar-refractivity contribution in [3.05, 3.63) is 83.7 Å². The molecule has 3 rings (SSSR count). The molecule has 1 aromatic carbocycles. The van der Waals surface area contributed by atoms with Crippen molar-refractivity contribution in [3.63, 3.8) is 0 Å². The van der Waals surface area contributed by atoms with E-state index in [4.69, 9.17) is 0 Å². The molecular weight excluding hydrogens is 333 g/mol. The van der Waals surface area contributed by atoms with Crippen molar-refractivity contribution < 1.29 is 9.18 Å². The van der Waals surface area contributed by atoms with Crippen LogP contribution in [-0.4, -0.2) is 27.4 Å². The third kappa shape index (κ3) is 4.83. The van der Waals surface area contributed by atoms with E-state index in [9.17, 15) is 9.18 Å². The highest BCUT2D eigenvalue weighted by Gasteiger charge is 2.09. The fourth-order valence-corrected chi connectivity index (χ4v) is 2.36. The lowest BCUT2D eigenvalue weighted by Crippen LogP contribution is -2.27. The highest BCUT2D eigenvalue weighted by atomic mass is 19.1. The molecule has 0 aliphatic carbocycles. The van der Waals surface area contributed by atoms with Gasteiger partial charge in [-0.15, -0.1) is 0 Å². The number of carbonyl (C=O) groups excluding carboxylic acids is 1. The molecule has 0 unspecified atom stereocenters. The molecule has 0 fully saturated rings. The van der Waals surface area contributed by atoms with E-state index in [-0.39, 0.29) is 17.4 Å². The quantitative estimate of drug-likeness (QED) is 0.684. The fourth-order valence-electron chi connectivity index (χ4n) is 2.36. The van der Waals surface area contributed by atoms with Gasteiger partial charge < -0.3 is 10.6 Å². The van der Waals surface area contributed by atoms with Crippen LogP contribution >= 0.6 is 0 Å². The minimum atomic E-state index is -0.326. The summed E-state index contributed by atoms with van der Waals surface area (Å²) < 4.78 is 13.6. The number of carbonyl (C=O) groups is 1. The van der Waals surface area contributed by atoms with Gasteiger partial charge in [0.25, 0.3) is 5.91 Å². The van der Waals surface area contributed by atoms with Crippen molar-refractivity contribution in [2.24, 2.45) is 0 Å². The molecule has 2 aromatic heterocycles. The van der Waals surface area contributed by atoms with Crippen LogP contribution in [0.1, 0.15) is 21.6 Å². The number of anilines is 1. The number of nitrogens with zero attached hydrogens (tertiary/aromatic N) is 3. The Kier molecular flexibility index (Phi) is 5.82. The lowest BCUT2D eigenvalue weighted by molar-refractivity contribution is 0.0949. The molecule has 0 saturated heterocycles. The summed E-state index contributed by atoms with van der Waals surface area (Å²) >= 11 is 0. The number of aromatic nitrogens is 3. The highest BCUT2D eigenvalue weighted by Crippen LogP contribution is 2.07. The van der Waals surface area contributed by atoms with E-state index < -0.39 is 0 Å². The Balaban J connectivity index is 1.53. The molecule has 0 saturated carbocycles. The Morgan fingerprint density at radius 1 is 1.08 bits per heavy atom. The van der Waals surface area contributed by atoms with Crippen molar-refractivity contribution in [1.82, 2.24) is 20.3 Å². The Labute approximate surface area is 150 Å². The largest absolute Gasteiger partial charge is 0.350 e. The summed E-state index contributed by atoms with van der Waals surface area (Å²) in [7, 11) is 0. The molecule has 0 spiro atoms. The minimum Gasteiger partial charge on any atom is -0.350 e. The number of nitrogens with one attached hydrogen (secondary N) is 2. The second-order valence-electron chi connectivity index (χ2n) is 5.58. The van der Waals surface area contributed by atoms with Crippen molar-refractivity contribution in [1.29, 1.82) is 0 Å². The SMILES string of the molecule is O=C(NCCc1ccccc1F)c1ccnc(NCc2cccnc2)n1. The zero-order chi connectivity index (χ0) is 18.2. The van der Waals surface area contributed by atoms with Gasteiger partial charge in [0.2, 0.25) is 5.95 Å². The van der Waals surface area contributed by atoms with Crippen LogP contribution in [0.15, 0.2) is 61.1 Å². The van der Waals surface area contributed by atoms with Gasteiger partial charge in [-0.1, -0.05) is 24.3 Å². The van der Waals surface area contributed by atoms with Crippen molar-refractivity contribution in [3.8, 4) is 0 Å². The summed E-state index contributed by atoms with van der Waals surface area (Å²) in [5.41, 5.74) is 1.80. The number of hydrogen-bond acceptors (Lipinski definition) is 5. The molecule has 0 aliphatic heterocycles. The maximum atomic E-state index is 13.6. The summed E-state index contributed by atoms with van der Waals surface area (Å²) in [6.07, 6.45) is 5.37. The number of benzene rings is 1. The number of hydrogen-bond donors (Lipinski definition) is 2. The molecule has 26 heavy (non-hydrogen) atoms. The van der Waals surface area contributed by atoms with Crippen LogP contribution in [0.5, 0.6) is 0 Å². The summed E-state index contributed by atoms with van der Waals surface area (Å²) in [6, 6.07) is 11.8. The number of rotatable bonds is 7. The molecule has 7 heteroatoms. The molecule has 6 nitrogen and oxygen atoms in total. The average Bonchev–Trinajstić information content (AvgIpc) is 2.69. The van der Waals surface area contributed by atoms with Gasteiger partial charge in [-0.3, -0.25) is 9.78 Å². The van der Waals surface area contributed by atoms with E-state index in [0.717, 1.165) is 5.56 Å². The van der Waals surface area contributed by atoms with Crippen molar-refractivity contribution in [2.75, 3.05) is 11.9 Å². The van der Waals surface area contributed by atoms with E-state index in [1.54, 1.807) is 30.6 Å². The van der Waals surface area contributed by atoms with E-state index >= 15 is 0 Å².